The van der Waals surface area contributed by atoms with Gasteiger partial charge >= 0.3 is 0 Å². The van der Waals surface area contributed by atoms with Gasteiger partial charge in [0.15, 0.2) is 0 Å². The molecule has 2 aromatic heterocycles. The summed E-state index contributed by atoms with van der Waals surface area (Å²) < 4.78 is 1.68. The SMILES string of the molecule is Cc1c(-c2cnn(C)c2)nc[nH]c1=O. The summed E-state index contributed by atoms with van der Waals surface area (Å²) in [5, 5.41) is 4.03. The number of aromatic nitrogens is 4. The lowest BCUT2D eigenvalue weighted by atomic mass is 10.1. The summed E-state index contributed by atoms with van der Waals surface area (Å²) in [4.78, 5) is 17.9. The molecule has 72 valence electrons. The van der Waals surface area contributed by atoms with Gasteiger partial charge in [0.2, 0.25) is 0 Å². The lowest BCUT2D eigenvalue weighted by molar-refractivity contribution is 0.768. The van der Waals surface area contributed by atoms with Crippen LogP contribution in [0.5, 0.6) is 0 Å². The van der Waals surface area contributed by atoms with E-state index in [0.29, 0.717) is 11.3 Å². The highest BCUT2D eigenvalue weighted by molar-refractivity contribution is 5.59. The Hall–Kier alpha value is -1.91. The minimum atomic E-state index is -0.112. The number of nitrogens with one attached hydrogen (secondary N) is 1. The van der Waals surface area contributed by atoms with E-state index in [1.165, 1.54) is 6.33 Å². The summed E-state index contributed by atoms with van der Waals surface area (Å²) in [5.74, 6) is 0. The maximum atomic E-state index is 11.3. The van der Waals surface area contributed by atoms with Gasteiger partial charge in [-0.05, 0) is 6.92 Å². The first-order valence-corrected chi connectivity index (χ1v) is 4.22. The van der Waals surface area contributed by atoms with Crippen molar-refractivity contribution in [1.82, 2.24) is 19.7 Å². The molecule has 0 saturated heterocycles. The zero-order valence-corrected chi connectivity index (χ0v) is 7.98. The van der Waals surface area contributed by atoms with Crippen molar-refractivity contribution in [1.29, 1.82) is 0 Å². The summed E-state index contributed by atoms with van der Waals surface area (Å²) in [6, 6.07) is 0. The van der Waals surface area contributed by atoms with Gasteiger partial charge in [0.25, 0.3) is 5.56 Å². The van der Waals surface area contributed by atoms with Crippen LogP contribution in [0.4, 0.5) is 0 Å². The molecule has 0 radical (unpaired) electrons. The third-order valence-corrected chi connectivity index (χ3v) is 2.06. The van der Waals surface area contributed by atoms with Crippen molar-refractivity contribution in [2.24, 2.45) is 7.05 Å². The second kappa shape index (κ2) is 3.10. The fourth-order valence-corrected chi connectivity index (χ4v) is 1.30. The van der Waals surface area contributed by atoms with Gasteiger partial charge in [-0.1, -0.05) is 0 Å². The molecule has 0 aliphatic rings. The van der Waals surface area contributed by atoms with Crippen LogP contribution in [-0.2, 0) is 7.05 Å². The quantitative estimate of drug-likeness (QED) is 0.711. The van der Waals surface area contributed by atoms with Gasteiger partial charge in [-0.3, -0.25) is 9.48 Å². The van der Waals surface area contributed by atoms with Crippen LogP contribution in [0.15, 0.2) is 23.5 Å². The molecule has 2 rings (SSSR count). The molecule has 0 amide bonds. The fraction of sp³-hybridized carbons (Fsp3) is 0.222. The van der Waals surface area contributed by atoms with Crippen LogP contribution in [0.25, 0.3) is 11.3 Å². The van der Waals surface area contributed by atoms with Crippen LogP contribution >= 0.6 is 0 Å². The normalized spacial score (nSPS) is 10.4. The van der Waals surface area contributed by atoms with E-state index in [-0.39, 0.29) is 5.56 Å². The molecule has 0 unspecified atom stereocenters. The molecule has 0 atom stereocenters. The number of aryl methyl sites for hydroxylation is 1. The van der Waals surface area contributed by atoms with E-state index >= 15 is 0 Å². The predicted octanol–water partition coefficient (Wildman–Crippen LogP) is 0.479. The molecule has 0 fully saturated rings. The van der Waals surface area contributed by atoms with Gasteiger partial charge in [0, 0.05) is 24.4 Å². The summed E-state index contributed by atoms with van der Waals surface area (Å²) in [6.45, 7) is 1.74. The number of hydrogen-bond donors (Lipinski definition) is 1. The first-order valence-electron chi connectivity index (χ1n) is 4.22. The van der Waals surface area contributed by atoms with Crippen molar-refractivity contribution in [3.63, 3.8) is 0 Å². The predicted molar refractivity (Wildman–Crippen MR) is 51.8 cm³/mol. The van der Waals surface area contributed by atoms with Gasteiger partial charge in [-0.2, -0.15) is 5.10 Å². The van der Waals surface area contributed by atoms with E-state index in [1.54, 1.807) is 17.8 Å². The Morgan fingerprint density at radius 3 is 2.93 bits per heavy atom. The number of hydrogen-bond acceptors (Lipinski definition) is 3. The highest BCUT2D eigenvalue weighted by Gasteiger charge is 2.07. The van der Waals surface area contributed by atoms with Crippen molar-refractivity contribution >= 4 is 0 Å². The van der Waals surface area contributed by atoms with Crippen LogP contribution in [-0.4, -0.2) is 19.7 Å². The number of nitrogens with zero attached hydrogens (tertiary/aromatic N) is 3. The zero-order valence-electron chi connectivity index (χ0n) is 7.98. The molecule has 5 nitrogen and oxygen atoms in total. The van der Waals surface area contributed by atoms with E-state index in [1.807, 2.05) is 13.2 Å². The molecule has 2 heterocycles. The molecule has 14 heavy (non-hydrogen) atoms. The maximum Gasteiger partial charge on any atom is 0.254 e. The summed E-state index contributed by atoms with van der Waals surface area (Å²) in [7, 11) is 1.83. The second-order valence-corrected chi connectivity index (χ2v) is 3.11. The lowest BCUT2D eigenvalue weighted by Crippen LogP contribution is -2.10. The minimum absolute atomic E-state index is 0.112. The monoisotopic (exact) mass is 190 g/mol. The molecule has 0 aliphatic carbocycles. The molecular weight excluding hydrogens is 180 g/mol. The number of aromatic amines is 1. The van der Waals surface area contributed by atoms with Crippen LogP contribution in [0.1, 0.15) is 5.56 Å². The van der Waals surface area contributed by atoms with Gasteiger partial charge in [-0.25, -0.2) is 4.98 Å². The highest BCUT2D eigenvalue weighted by Crippen LogP contribution is 2.15. The Labute approximate surface area is 80.4 Å². The Morgan fingerprint density at radius 1 is 1.50 bits per heavy atom. The molecule has 0 saturated carbocycles. The standard InChI is InChI=1S/C9H10N4O/c1-6-8(10-5-11-9(6)14)7-3-12-13(2)4-7/h3-5H,1-2H3,(H,10,11,14). The van der Waals surface area contributed by atoms with Crippen molar-refractivity contribution in [3.05, 3.63) is 34.6 Å². The van der Waals surface area contributed by atoms with Gasteiger partial charge < -0.3 is 4.98 Å². The van der Waals surface area contributed by atoms with Gasteiger partial charge in [0.1, 0.15) is 0 Å². The van der Waals surface area contributed by atoms with E-state index in [2.05, 4.69) is 15.1 Å². The third kappa shape index (κ3) is 1.32. The van der Waals surface area contributed by atoms with Crippen LogP contribution in [0, 0.1) is 6.92 Å². The Bertz CT molecular complexity index is 512. The lowest BCUT2D eigenvalue weighted by Gasteiger charge is -1.98. The first kappa shape index (κ1) is 8.68. The van der Waals surface area contributed by atoms with Crippen molar-refractivity contribution in [2.75, 3.05) is 0 Å². The van der Waals surface area contributed by atoms with E-state index < -0.39 is 0 Å². The van der Waals surface area contributed by atoms with Gasteiger partial charge in [-0.15, -0.1) is 0 Å². The smallest absolute Gasteiger partial charge is 0.254 e. The van der Waals surface area contributed by atoms with Crippen LogP contribution < -0.4 is 5.56 Å². The molecule has 0 bridgehead atoms. The molecule has 0 aliphatic heterocycles. The van der Waals surface area contributed by atoms with Gasteiger partial charge in [0.05, 0.1) is 18.2 Å². The van der Waals surface area contributed by atoms with Crippen LogP contribution in [0.3, 0.4) is 0 Å². The molecular formula is C9H10N4O. The summed E-state index contributed by atoms with van der Waals surface area (Å²) in [5.41, 5.74) is 2.04. The zero-order chi connectivity index (χ0) is 10.1. The Morgan fingerprint density at radius 2 is 2.29 bits per heavy atom. The molecule has 2 aromatic rings. The molecule has 0 aromatic carbocycles. The summed E-state index contributed by atoms with van der Waals surface area (Å²) in [6.07, 6.45) is 4.92. The third-order valence-electron chi connectivity index (χ3n) is 2.06. The second-order valence-electron chi connectivity index (χ2n) is 3.11. The molecule has 5 heteroatoms. The fourth-order valence-electron chi connectivity index (χ4n) is 1.30. The molecule has 1 N–H and O–H groups in total. The Kier molecular flexibility index (Phi) is 1.92. The first-order chi connectivity index (χ1) is 6.68. The highest BCUT2D eigenvalue weighted by atomic mass is 16.1. The van der Waals surface area contributed by atoms with E-state index in [4.69, 9.17) is 0 Å². The van der Waals surface area contributed by atoms with E-state index in [0.717, 1.165) is 5.56 Å². The largest absolute Gasteiger partial charge is 0.313 e. The Balaban J connectivity index is 2.63. The maximum absolute atomic E-state index is 11.3. The van der Waals surface area contributed by atoms with Crippen molar-refractivity contribution in [2.45, 2.75) is 6.92 Å². The minimum Gasteiger partial charge on any atom is -0.313 e. The number of rotatable bonds is 1. The van der Waals surface area contributed by atoms with E-state index in [9.17, 15) is 4.79 Å². The molecule has 0 spiro atoms. The number of H-pyrrole nitrogens is 1. The topological polar surface area (TPSA) is 63.6 Å². The van der Waals surface area contributed by atoms with Crippen LogP contribution in [0.2, 0.25) is 0 Å². The summed E-state index contributed by atoms with van der Waals surface area (Å²) >= 11 is 0. The van der Waals surface area contributed by atoms with Crippen molar-refractivity contribution in [3.8, 4) is 11.3 Å². The van der Waals surface area contributed by atoms with Crippen molar-refractivity contribution < 1.29 is 0 Å². The average molecular weight is 190 g/mol. The average Bonchev–Trinajstić information content (AvgIpc) is 2.57.